The molecule has 1 heterocycles. The topological polar surface area (TPSA) is 61.8 Å². The average Bonchev–Trinajstić information content (AvgIpc) is 1.97. The number of rotatable bonds is 4. The summed E-state index contributed by atoms with van der Waals surface area (Å²) in [6, 6.07) is 0. The predicted octanol–water partition coefficient (Wildman–Crippen LogP) is 1.37. The van der Waals surface area contributed by atoms with Crippen LogP contribution in [0.5, 0.6) is 0 Å². The second kappa shape index (κ2) is 4.55. The molecule has 0 saturated carbocycles. The fraction of sp³-hybridized carbons (Fsp3) is 0.800. The highest BCUT2D eigenvalue weighted by atomic mass is 28.4. The minimum Gasteiger partial charge on any atom is -0.485 e. The molecule has 0 N–H and O–H groups in total. The first-order valence-electron chi connectivity index (χ1n) is 5.32. The molecule has 1 saturated heterocycles. The first kappa shape index (κ1) is 13.2. The minimum atomic E-state index is -2.87. The van der Waals surface area contributed by atoms with Gasteiger partial charge in [0.05, 0.1) is 18.3 Å². The van der Waals surface area contributed by atoms with Crippen LogP contribution in [0.2, 0.25) is 11.6 Å². The average molecular weight is 246 g/mol. The fourth-order valence-electron chi connectivity index (χ4n) is 1.92. The van der Waals surface area contributed by atoms with Crippen molar-refractivity contribution in [2.75, 3.05) is 13.2 Å². The van der Waals surface area contributed by atoms with Crippen LogP contribution >= 0.6 is 0 Å². The van der Waals surface area contributed by atoms with E-state index < -0.39 is 20.5 Å². The molecule has 0 spiro atoms. The Kier molecular flexibility index (Phi) is 3.74. The van der Waals surface area contributed by atoms with Crippen LogP contribution in [0.15, 0.2) is 0 Å². The summed E-state index contributed by atoms with van der Waals surface area (Å²) in [5.74, 6) is -0.815. The van der Waals surface area contributed by atoms with E-state index in [1.807, 2.05) is 6.92 Å². The molecule has 5 nitrogen and oxygen atoms in total. The molecular formula is C10H18O5Si. The standard InChI is InChI=1S/C10H18O5Si/c1-5-10(6-13-7-10)16(4,14-8(2)11)15-9(3)12/h5-7H2,1-4H3. The second-order valence-corrected chi connectivity index (χ2v) is 7.62. The van der Waals surface area contributed by atoms with E-state index in [9.17, 15) is 9.59 Å². The third-order valence-electron chi connectivity index (χ3n) is 3.07. The molecule has 1 fully saturated rings. The number of ether oxygens (including phenoxy) is 1. The quantitative estimate of drug-likeness (QED) is 0.701. The Morgan fingerprint density at radius 3 is 1.88 bits per heavy atom. The number of carbonyl (C=O) groups excluding carboxylic acids is 2. The zero-order valence-corrected chi connectivity index (χ0v) is 11.2. The molecule has 0 atom stereocenters. The van der Waals surface area contributed by atoms with Crippen molar-refractivity contribution >= 4 is 20.5 Å². The normalized spacial score (nSPS) is 18.5. The Morgan fingerprint density at radius 2 is 1.69 bits per heavy atom. The molecule has 0 amide bonds. The van der Waals surface area contributed by atoms with Gasteiger partial charge in [-0.15, -0.1) is 0 Å². The summed E-state index contributed by atoms with van der Waals surface area (Å²) in [5.41, 5.74) is 0. The van der Waals surface area contributed by atoms with Crippen LogP contribution in [0, 0.1) is 0 Å². The van der Waals surface area contributed by atoms with Crippen LogP contribution in [-0.4, -0.2) is 33.7 Å². The zero-order valence-electron chi connectivity index (χ0n) is 10.2. The summed E-state index contributed by atoms with van der Waals surface area (Å²) < 4.78 is 15.8. The van der Waals surface area contributed by atoms with Crippen molar-refractivity contribution in [1.82, 2.24) is 0 Å². The molecule has 0 radical (unpaired) electrons. The molecule has 0 aromatic rings. The lowest BCUT2D eigenvalue weighted by atomic mass is 10.0. The maximum atomic E-state index is 11.1. The van der Waals surface area contributed by atoms with Gasteiger partial charge in [-0.2, -0.15) is 0 Å². The second-order valence-electron chi connectivity index (χ2n) is 4.26. The van der Waals surface area contributed by atoms with E-state index in [0.717, 1.165) is 6.42 Å². The van der Waals surface area contributed by atoms with Gasteiger partial charge in [0.1, 0.15) is 0 Å². The molecule has 16 heavy (non-hydrogen) atoms. The van der Waals surface area contributed by atoms with Crippen molar-refractivity contribution in [3.05, 3.63) is 0 Å². The van der Waals surface area contributed by atoms with Crippen LogP contribution in [0.3, 0.4) is 0 Å². The summed E-state index contributed by atoms with van der Waals surface area (Å²) in [7, 11) is -2.87. The van der Waals surface area contributed by atoms with Gasteiger partial charge >= 0.3 is 8.56 Å². The monoisotopic (exact) mass is 246 g/mol. The van der Waals surface area contributed by atoms with Gasteiger partial charge in [0.2, 0.25) is 0 Å². The summed E-state index contributed by atoms with van der Waals surface area (Å²) in [4.78, 5) is 22.2. The number of hydrogen-bond acceptors (Lipinski definition) is 5. The van der Waals surface area contributed by atoms with E-state index in [1.165, 1.54) is 13.8 Å². The Bertz CT molecular complexity index is 276. The highest BCUT2D eigenvalue weighted by molar-refractivity contribution is 6.72. The van der Waals surface area contributed by atoms with Crippen molar-refractivity contribution in [2.24, 2.45) is 0 Å². The van der Waals surface area contributed by atoms with Gasteiger partial charge in [-0.25, -0.2) is 0 Å². The summed E-state index contributed by atoms with van der Waals surface area (Å²) in [5, 5.41) is -0.287. The maximum absolute atomic E-state index is 11.1. The van der Waals surface area contributed by atoms with Gasteiger partial charge in [-0.3, -0.25) is 9.59 Å². The van der Waals surface area contributed by atoms with Crippen molar-refractivity contribution in [3.63, 3.8) is 0 Å². The first-order chi connectivity index (χ1) is 7.35. The Labute approximate surface area is 96.3 Å². The molecule has 92 valence electrons. The van der Waals surface area contributed by atoms with E-state index in [1.54, 1.807) is 6.55 Å². The largest absolute Gasteiger partial charge is 0.485 e. The highest BCUT2D eigenvalue weighted by Gasteiger charge is 2.62. The van der Waals surface area contributed by atoms with Crippen molar-refractivity contribution in [3.8, 4) is 0 Å². The van der Waals surface area contributed by atoms with Crippen LogP contribution < -0.4 is 0 Å². The molecular weight excluding hydrogens is 228 g/mol. The van der Waals surface area contributed by atoms with Gasteiger partial charge in [0, 0.05) is 20.4 Å². The third-order valence-corrected chi connectivity index (χ3v) is 7.00. The smallest absolute Gasteiger partial charge is 0.472 e. The van der Waals surface area contributed by atoms with Crippen LogP contribution in [0.1, 0.15) is 27.2 Å². The van der Waals surface area contributed by atoms with E-state index >= 15 is 0 Å². The van der Waals surface area contributed by atoms with E-state index in [0.29, 0.717) is 13.2 Å². The summed E-state index contributed by atoms with van der Waals surface area (Å²) in [6.45, 7) is 7.39. The summed E-state index contributed by atoms with van der Waals surface area (Å²) in [6.07, 6.45) is 0.774. The zero-order chi connectivity index (χ0) is 12.4. The molecule has 0 bridgehead atoms. The van der Waals surface area contributed by atoms with Crippen molar-refractivity contribution in [2.45, 2.75) is 38.8 Å². The highest BCUT2D eigenvalue weighted by Crippen LogP contribution is 2.49. The summed E-state index contributed by atoms with van der Waals surface area (Å²) >= 11 is 0. The predicted molar refractivity (Wildman–Crippen MR) is 59.0 cm³/mol. The molecule has 6 heteroatoms. The Balaban J connectivity index is 2.92. The molecule has 0 unspecified atom stereocenters. The molecule has 0 aromatic carbocycles. The lowest BCUT2D eigenvalue weighted by Gasteiger charge is -2.48. The van der Waals surface area contributed by atoms with Crippen molar-refractivity contribution < 1.29 is 23.2 Å². The maximum Gasteiger partial charge on any atom is 0.472 e. The van der Waals surface area contributed by atoms with Crippen LogP contribution in [0.4, 0.5) is 0 Å². The Morgan fingerprint density at radius 1 is 1.25 bits per heavy atom. The molecule has 0 aliphatic carbocycles. The van der Waals surface area contributed by atoms with Crippen LogP contribution in [-0.2, 0) is 23.2 Å². The van der Waals surface area contributed by atoms with Crippen molar-refractivity contribution in [1.29, 1.82) is 0 Å². The first-order valence-corrected chi connectivity index (χ1v) is 7.64. The van der Waals surface area contributed by atoms with E-state index in [-0.39, 0.29) is 5.04 Å². The number of carbonyl (C=O) groups is 2. The fourth-order valence-corrected chi connectivity index (χ4v) is 4.86. The van der Waals surface area contributed by atoms with Gasteiger partial charge in [-0.05, 0) is 6.42 Å². The van der Waals surface area contributed by atoms with Gasteiger partial charge in [-0.1, -0.05) is 6.92 Å². The third kappa shape index (κ3) is 2.27. The SMILES string of the molecule is CCC1([Si](C)(OC(C)=O)OC(C)=O)COC1. The Hall–Kier alpha value is -0.883. The molecule has 1 aliphatic rings. The molecule has 1 aliphatic heterocycles. The van der Waals surface area contributed by atoms with Crippen LogP contribution in [0.25, 0.3) is 0 Å². The van der Waals surface area contributed by atoms with Gasteiger partial charge < -0.3 is 13.6 Å². The lowest BCUT2D eigenvalue weighted by molar-refractivity contribution is -0.142. The lowest BCUT2D eigenvalue weighted by Crippen LogP contribution is -2.61. The number of hydrogen-bond donors (Lipinski definition) is 0. The van der Waals surface area contributed by atoms with Gasteiger partial charge in [0.25, 0.3) is 11.9 Å². The molecule has 0 aromatic heterocycles. The van der Waals surface area contributed by atoms with E-state index in [4.69, 9.17) is 13.6 Å². The van der Waals surface area contributed by atoms with Gasteiger partial charge in [0.15, 0.2) is 0 Å². The minimum absolute atomic E-state index is 0.287. The molecule has 1 rings (SSSR count). The van der Waals surface area contributed by atoms with E-state index in [2.05, 4.69) is 0 Å².